The summed E-state index contributed by atoms with van der Waals surface area (Å²) in [5, 5.41) is 3.34. The maximum atomic E-state index is 11.7. The summed E-state index contributed by atoms with van der Waals surface area (Å²) >= 11 is 5.57. The molecular formula is C10H15ClN2O2. The Morgan fingerprint density at radius 1 is 1.67 bits per heavy atom. The van der Waals surface area contributed by atoms with Crippen LogP contribution in [0.1, 0.15) is 19.8 Å². The minimum absolute atomic E-state index is 0.112. The largest absolute Gasteiger partial charge is 0.300 e. The number of carbonyl (C=O) groups is 2. The third-order valence-electron chi connectivity index (χ3n) is 2.23. The lowest BCUT2D eigenvalue weighted by Gasteiger charge is -2.13. The Morgan fingerprint density at radius 2 is 2.33 bits per heavy atom. The number of rotatable bonds is 5. The third-order valence-corrected chi connectivity index (χ3v) is 2.37. The van der Waals surface area contributed by atoms with E-state index in [9.17, 15) is 9.59 Å². The van der Waals surface area contributed by atoms with Crippen LogP contribution in [0.4, 0.5) is 0 Å². The van der Waals surface area contributed by atoms with Gasteiger partial charge in [0.25, 0.3) is 0 Å². The lowest BCUT2D eigenvalue weighted by Crippen LogP contribution is -2.39. The van der Waals surface area contributed by atoms with E-state index in [0.717, 1.165) is 6.42 Å². The van der Waals surface area contributed by atoms with Gasteiger partial charge in [-0.05, 0) is 6.42 Å². The van der Waals surface area contributed by atoms with E-state index in [2.05, 4.69) is 11.9 Å². The van der Waals surface area contributed by atoms with Crippen molar-refractivity contribution >= 4 is 23.4 Å². The molecule has 5 heteroatoms. The normalized spacial score (nSPS) is 21.2. The Morgan fingerprint density at radius 3 is 2.87 bits per heavy atom. The van der Waals surface area contributed by atoms with Crippen LogP contribution >= 0.6 is 11.6 Å². The van der Waals surface area contributed by atoms with Crippen molar-refractivity contribution in [2.75, 3.05) is 13.1 Å². The van der Waals surface area contributed by atoms with Gasteiger partial charge in [-0.25, -0.2) is 0 Å². The molecule has 15 heavy (non-hydrogen) atoms. The fraction of sp³-hybridized carbons (Fsp3) is 0.600. The Balaban J connectivity index is 2.53. The van der Waals surface area contributed by atoms with Crippen molar-refractivity contribution < 1.29 is 9.59 Å². The first-order valence-corrected chi connectivity index (χ1v) is 5.35. The van der Waals surface area contributed by atoms with Crippen molar-refractivity contribution in [2.24, 2.45) is 0 Å². The van der Waals surface area contributed by atoms with Crippen molar-refractivity contribution in [2.45, 2.75) is 25.8 Å². The molecule has 1 atom stereocenters. The molecular weight excluding hydrogens is 216 g/mol. The predicted molar refractivity (Wildman–Crippen MR) is 58.4 cm³/mol. The summed E-state index contributed by atoms with van der Waals surface area (Å²) in [7, 11) is 0. The van der Waals surface area contributed by atoms with Crippen molar-refractivity contribution in [1.29, 1.82) is 0 Å². The fourth-order valence-corrected chi connectivity index (χ4v) is 1.61. The molecule has 0 bridgehead atoms. The first kappa shape index (κ1) is 12.2. The fourth-order valence-electron chi connectivity index (χ4n) is 1.54. The second-order valence-electron chi connectivity index (χ2n) is 3.54. The van der Waals surface area contributed by atoms with Crippen LogP contribution in [0.5, 0.6) is 0 Å². The maximum absolute atomic E-state index is 11.7. The summed E-state index contributed by atoms with van der Waals surface area (Å²) in [6.07, 6.45) is 1.01. The van der Waals surface area contributed by atoms with E-state index in [0.29, 0.717) is 18.1 Å². The predicted octanol–water partition coefficient (Wildman–Crippen LogP) is 0.866. The minimum atomic E-state index is -0.431. The molecule has 2 amide bonds. The molecule has 1 N–H and O–H groups in total. The van der Waals surface area contributed by atoms with Gasteiger partial charge in [-0.15, -0.1) is 0 Å². The number of halogens is 1. The first-order chi connectivity index (χ1) is 7.06. The topological polar surface area (TPSA) is 49.4 Å². The van der Waals surface area contributed by atoms with Crippen molar-refractivity contribution in [3.05, 3.63) is 11.6 Å². The molecule has 1 rings (SSSR count). The summed E-state index contributed by atoms with van der Waals surface area (Å²) in [5.74, 6) is -0.265. The number of imide groups is 1. The van der Waals surface area contributed by atoms with Crippen molar-refractivity contribution in [1.82, 2.24) is 10.2 Å². The molecule has 0 aliphatic carbocycles. The van der Waals surface area contributed by atoms with Gasteiger partial charge in [-0.3, -0.25) is 14.5 Å². The van der Waals surface area contributed by atoms with E-state index >= 15 is 0 Å². The van der Waals surface area contributed by atoms with Crippen LogP contribution in [0, 0.1) is 0 Å². The van der Waals surface area contributed by atoms with Crippen LogP contribution in [0.25, 0.3) is 0 Å². The zero-order chi connectivity index (χ0) is 11.4. The number of nitrogens with one attached hydrogen (secondary N) is 1. The quantitative estimate of drug-likeness (QED) is 0.713. The number of hydrogen-bond acceptors (Lipinski definition) is 3. The standard InChI is InChI=1S/C10H15ClN2O2/c1-3-4-13-9(14)5-8(10(13)15)12-6-7(2)11/h8,12H,2-6H2,1H3. The van der Waals surface area contributed by atoms with Gasteiger partial charge >= 0.3 is 0 Å². The van der Waals surface area contributed by atoms with E-state index < -0.39 is 6.04 Å². The van der Waals surface area contributed by atoms with Crippen molar-refractivity contribution in [3.63, 3.8) is 0 Å². The van der Waals surface area contributed by atoms with Crippen LogP contribution in [0.15, 0.2) is 11.6 Å². The summed E-state index contributed by atoms with van der Waals surface area (Å²) in [4.78, 5) is 24.4. The second kappa shape index (κ2) is 5.28. The number of likely N-dealkylation sites (tertiary alicyclic amines) is 1. The highest BCUT2D eigenvalue weighted by Gasteiger charge is 2.37. The zero-order valence-corrected chi connectivity index (χ0v) is 9.51. The highest BCUT2D eigenvalue weighted by Crippen LogP contribution is 2.13. The van der Waals surface area contributed by atoms with E-state index in [1.165, 1.54) is 4.90 Å². The van der Waals surface area contributed by atoms with Crippen LogP contribution in [-0.4, -0.2) is 35.8 Å². The molecule has 1 heterocycles. The van der Waals surface area contributed by atoms with Crippen LogP contribution < -0.4 is 5.32 Å². The monoisotopic (exact) mass is 230 g/mol. The van der Waals surface area contributed by atoms with E-state index in [1.807, 2.05) is 6.92 Å². The molecule has 0 saturated carbocycles. The Kier molecular flexibility index (Phi) is 4.29. The van der Waals surface area contributed by atoms with E-state index in [1.54, 1.807) is 0 Å². The lowest BCUT2D eigenvalue weighted by molar-refractivity contribution is -0.138. The van der Waals surface area contributed by atoms with Gasteiger partial charge in [-0.1, -0.05) is 25.1 Å². The first-order valence-electron chi connectivity index (χ1n) is 4.97. The van der Waals surface area contributed by atoms with Gasteiger partial charge in [0.2, 0.25) is 11.8 Å². The van der Waals surface area contributed by atoms with Gasteiger partial charge in [0, 0.05) is 18.1 Å². The molecule has 0 aromatic heterocycles. The van der Waals surface area contributed by atoms with Crippen molar-refractivity contribution in [3.8, 4) is 0 Å². The van der Waals surface area contributed by atoms with Gasteiger partial charge in [-0.2, -0.15) is 0 Å². The molecule has 1 aliphatic rings. The van der Waals surface area contributed by atoms with E-state index in [4.69, 9.17) is 11.6 Å². The van der Waals surface area contributed by atoms with Crippen LogP contribution in [0.2, 0.25) is 0 Å². The van der Waals surface area contributed by atoms with E-state index in [-0.39, 0.29) is 18.2 Å². The number of amides is 2. The molecule has 0 spiro atoms. The molecule has 0 aromatic rings. The van der Waals surface area contributed by atoms with Gasteiger partial charge < -0.3 is 5.32 Å². The molecule has 1 aliphatic heterocycles. The lowest BCUT2D eigenvalue weighted by atomic mass is 10.2. The highest BCUT2D eigenvalue weighted by molar-refractivity contribution is 6.29. The summed E-state index contributed by atoms with van der Waals surface area (Å²) < 4.78 is 0. The number of hydrogen-bond donors (Lipinski definition) is 1. The smallest absolute Gasteiger partial charge is 0.246 e. The van der Waals surface area contributed by atoms with Crippen LogP contribution in [-0.2, 0) is 9.59 Å². The molecule has 1 unspecified atom stereocenters. The Hall–Kier alpha value is -0.870. The molecule has 0 radical (unpaired) electrons. The summed E-state index contributed by atoms with van der Waals surface area (Å²) in [6.45, 7) is 6.29. The SMILES string of the molecule is C=C(Cl)CNC1CC(=O)N(CCC)C1=O. The summed E-state index contributed by atoms with van der Waals surface area (Å²) in [5.41, 5.74) is 0. The number of carbonyl (C=O) groups excluding carboxylic acids is 2. The van der Waals surface area contributed by atoms with Gasteiger partial charge in [0.15, 0.2) is 0 Å². The Bertz CT molecular complexity index is 291. The molecule has 4 nitrogen and oxygen atoms in total. The average Bonchev–Trinajstić information content (AvgIpc) is 2.43. The molecule has 84 valence electrons. The zero-order valence-electron chi connectivity index (χ0n) is 8.75. The number of nitrogens with zero attached hydrogens (tertiary/aromatic N) is 1. The molecule has 1 saturated heterocycles. The average molecular weight is 231 g/mol. The Labute approximate surface area is 94.3 Å². The third kappa shape index (κ3) is 3.04. The summed E-state index contributed by atoms with van der Waals surface area (Å²) in [6, 6.07) is -0.431. The van der Waals surface area contributed by atoms with Gasteiger partial charge in [0.1, 0.15) is 0 Å². The molecule has 1 fully saturated rings. The van der Waals surface area contributed by atoms with Gasteiger partial charge in [0.05, 0.1) is 12.5 Å². The van der Waals surface area contributed by atoms with Crippen LogP contribution in [0.3, 0.4) is 0 Å². The maximum Gasteiger partial charge on any atom is 0.246 e. The second-order valence-corrected chi connectivity index (χ2v) is 4.07. The molecule has 0 aromatic carbocycles. The minimum Gasteiger partial charge on any atom is -0.300 e. The highest BCUT2D eigenvalue weighted by atomic mass is 35.5.